The Morgan fingerprint density at radius 1 is 1.11 bits per heavy atom. The van der Waals surface area contributed by atoms with Gasteiger partial charge in [0, 0.05) is 16.2 Å². The van der Waals surface area contributed by atoms with Gasteiger partial charge in [-0.15, -0.1) is 11.8 Å². The molecule has 0 saturated heterocycles. The average Bonchev–Trinajstić information content (AvgIpc) is 2.38. The number of nitrogens with one attached hydrogen (secondary N) is 1. The zero-order chi connectivity index (χ0) is 13.0. The summed E-state index contributed by atoms with van der Waals surface area (Å²) in [6, 6.07) is 16.2. The predicted molar refractivity (Wildman–Crippen MR) is 78.2 cm³/mol. The van der Waals surface area contributed by atoms with E-state index in [1.54, 1.807) is 0 Å². The van der Waals surface area contributed by atoms with Crippen molar-refractivity contribution in [1.29, 1.82) is 5.41 Å². The van der Waals surface area contributed by atoms with Crippen LogP contribution in [0.4, 0.5) is 0 Å². The van der Waals surface area contributed by atoms with Crippen molar-refractivity contribution >= 4 is 17.6 Å². The largest absolute Gasteiger partial charge is 0.384 e. The molecule has 3 N–H and O–H groups in total. The summed E-state index contributed by atoms with van der Waals surface area (Å²) in [6.07, 6.45) is 0. The number of hydrogen-bond acceptors (Lipinski definition) is 2. The van der Waals surface area contributed by atoms with Crippen LogP contribution in [0, 0.1) is 12.3 Å². The minimum absolute atomic E-state index is 0.119. The number of benzene rings is 2. The molecule has 0 atom stereocenters. The molecule has 0 fully saturated rings. The Balaban J connectivity index is 2.02. The monoisotopic (exact) mass is 256 g/mol. The second kappa shape index (κ2) is 5.74. The normalized spacial score (nSPS) is 10.3. The number of rotatable bonds is 4. The first-order valence-electron chi connectivity index (χ1n) is 5.78. The molecule has 18 heavy (non-hydrogen) atoms. The smallest absolute Gasteiger partial charge is 0.122 e. The fourth-order valence-electron chi connectivity index (χ4n) is 1.66. The molecule has 0 aliphatic rings. The zero-order valence-corrected chi connectivity index (χ0v) is 11.1. The van der Waals surface area contributed by atoms with E-state index in [1.165, 1.54) is 16.0 Å². The third-order valence-electron chi connectivity index (χ3n) is 2.75. The Bertz CT molecular complexity index is 547. The molecule has 0 aliphatic heterocycles. The summed E-state index contributed by atoms with van der Waals surface area (Å²) in [6.45, 7) is 2.13. The van der Waals surface area contributed by atoms with Crippen molar-refractivity contribution < 1.29 is 0 Å². The molecule has 0 spiro atoms. The van der Waals surface area contributed by atoms with Crippen molar-refractivity contribution in [3.8, 4) is 0 Å². The molecule has 2 rings (SSSR count). The molecule has 0 unspecified atom stereocenters. The summed E-state index contributed by atoms with van der Waals surface area (Å²) in [5.41, 5.74) is 8.76. The molecule has 0 aromatic heterocycles. The quantitative estimate of drug-likeness (QED) is 0.499. The molecule has 0 saturated carbocycles. The maximum absolute atomic E-state index is 7.34. The van der Waals surface area contributed by atoms with Crippen molar-refractivity contribution in [1.82, 2.24) is 0 Å². The van der Waals surface area contributed by atoms with E-state index in [1.807, 2.05) is 36.0 Å². The lowest BCUT2D eigenvalue weighted by atomic mass is 10.1. The zero-order valence-electron chi connectivity index (χ0n) is 10.3. The molecule has 0 amide bonds. The van der Waals surface area contributed by atoms with Gasteiger partial charge in [-0.25, -0.2) is 0 Å². The first kappa shape index (κ1) is 12.7. The van der Waals surface area contributed by atoms with Crippen LogP contribution in [-0.2, 0) is 5.75 Å². The van der Waals surface area contributed by atoms with Crippen molar-refractivity contribution in [2.24, 2.45) is 5.73 Å². The Morgan fingerprint density at radius 2 is 1.78 bits per heavy atom. The maximum atomic E-state index is 7.34. The highest BCUT2D eigenvalue weighted by Crippen LogP contribution is 2.25. The van der Waals surface area contributed by atoms with E-state index in [4.69, 9.17) is 11.1 Å². The predicted octanol–water partition coefficient (Wildman–Crippen LogP) is 3.57. The number of amidine groups is 1. The fraction of sp³-hybridized carbons (Fsp3) is 0.133. The number of thioether (sulfide) groups is 1. The van der Waals surface area contributed by atoms with Crippen LogP contribution >= 0.6 is 11.8 Å². The van der Waals surface area contributed by atoms with Gasteiger partial charge in [-0.3, -0.25) is 5.41 Å². The summed E-state index contributed by atoms with van der Waals surface area (Å²) in [7, 11) is 0. The molecule has 92 valence electrons. The van der Waals surface area contributed by atoms with E-state index in [9.17, 15) is 0 Å². The Hall–Kier alpha value is -1.74. The molecule has 0 radical (unpaired) electrons. The van der Waals surface area contributed by atoms with Crippen molar-refractivity contribution in [2.45, 2.75) is 17.6 Å². The van der Waals surface area contributed by atoms with Crippen molar-refractivity contribution in [3.05, 3.63) is 65.2 Å². The minimum atomic E-state index is 0.119. The Labute approximate surface area is 112 Å². The Kier molecular flexibility index (Phi) is 4.05. The van der Waals surface area contributed by atoms with Crippen LogP contribution in [0.5, 0.6) is 0 Å². The first-order valence-corrected chi connectivity index (χ1v) is 6.77. The molecule has 2 nitrogen and oxygen atoms in total. The van der Waals surface area contributed by atoms with Gasteiger partial charge in [0.05, 0.1) is 0 Å². The second-order valence-corrected chi connectivity index (χ2v) is 5.18. The van der Waals surface area contributed by atoms with E-state index in [0.717, 1.165) is 11.3 Å². The molecular weight excluding hydrogens is 240 g/mol. The molecule has 3 heteroatoms. The van der Waals surface area contributed by atoms with Gasteiger partial charge in [-0.1, -0.05) is 42.5 Å². The third-order valence-corrected chi connectivity index (χ3v) is 4.00. The highest BCUT2D eigenvalue weighted by atomic mass is 32.2. The van der Waals surface area contributed by atoms with Crippen molar-refractivity contribution in [3.63, 3.8) is 0 Å². The Morgan fingerprint density at radius 3 is 2.39 bits per heavy atom. The standard InChI is InChI=1S/C15H16N2S/c1-11-4-2-3-5-14(11)18-10-12-6-8-13(9-7-12)15(16)17/h2-9H,10H2,1H3,(H3,16,17). The first-order chi connectivity index (χ1) is 8.66. The SMILES string of the molecule is Cc1ccccc1SCc1ccc(C(=N)N)cc1. The number of hydrogen-bond donors (Lipinski definition) is 2. The molecular formula is C15H16N2S. The van der Waals surface area contributed by atoms with E-state index in [0.29, 0.717) is 0 Å². The van der Waals surface area contributed by atoms with Crippen LogP contribution in [-0.4, -0.2) is 5.84 Å². The van der Waals surface area contributed by atoms with Crippen LogP contribution in [0.25, 0.3) is 0 Å². The number of nitrogens with two attached hydrogens (primary N) is 1. The maximum Gasteiger partial charge on any atom is 0.122 e. The summed E-state index contributed by atoms with van der Waals surface area (Å²) < 4.78 is 0. The van der Waals surface area contributed by atoms with E-state index < -0.39 is 0 Å². The lowest BCUT2D eigenvalue weighted by Gasteiger charge is -2.06. The van der Waals surface area contributed by atoms with Crippen LogP contribution in [0.1, 0.15) is 16.7 Å². The number of nitrogen functional groups attached to an aromatic ring is 1. The van der Waals surface area contributed by atoms with Gasteiger partial charge in [-0.2, -0.15) is 0 Å². The van der Waals surface area contributed by atoms with Gasteiger partial charge in [0.2, 0.25) is 0 Å². The van der Waals surface area contributed by atoms with Crippen molar-refractivity contribution in [2.75, 3.05) is 0 Å². The summed E-state index contributed by atoms with van der Waals surface area (Å²) in [5.74, 6) is 1.05. The topological polar surface area (TPSA) is 49.9 Å². The summed E-state index contributed by atoms with van der Waals surface area (Å²) in [5, 5.41) is 7.34. The molecule has 2 aromatic rings. The van der Waals surface area contributed by atoms with Gasteiger partial charge < -0.3 is 5.73 Å². The highest BCUT2D eigenvalue weighted by molar-refractivity contribution is 7.98. The summed E-state index contributed by atoms with van der Waals surface area (Å²) >= 11 is 1.83. The van der Waals surface area contributed by atoms with E-state index >= 15 is 0 Å². The van der Waals surface area contributed by atoms with E-state index in [-0.39, 0.29) is 5.84 Å². The fourth-order valence-corrected chi connectivity index (χ4v) is 2.65. The van der Waals surface area contributed by atoms with Crippen LogP contribution in [0.15, 0.2) is 53.4 Å². The van der Waals surface area contributed by atoms with Crippen LogP contribution in [0.2, 0.25) is 0 Å². The van der Waals surface area contributed by atoms with Crippen LogP contribution in [0.3, 0.4) is 0 Å². The lowest BCUT2D eigenvalue weighted by molar-refractivity contribution is 1.29. The minimum Gasteiger partial charge on any atom is -0.384 e. The van der Waals surface area contributed by atoms with Gasteiger partial charge in [0.25, 0.3) is 0 Å². The molecule has 0 aliphatic carbocycles. The lowest BCUT2D eigenvalue weighted by Crippen LogP contribution is -2.10. The summed E-state index contributed by atoms with van der Waals surface area (Å²) in [4.78, 5) is 1.31. The van der Waals surface area contributed by atoms with Gasteiger partial charge in [0.15, 0.2) is 0 Å². The second-order valence-electron chi connectivity index (χ2n) is 4.16. The third kappa shape index (κ3) is 3.14. The van der Waals surface area contributed by atoms with E-state index in [2.05, 4.69) is 31.2 Å². The molecule has 2 aromatic carbocycles. The number of aryl methyl sites for hydroxylation is 1. The molecule has 0 heterocycles. The van der Waals surface area contributed by atoms with Gasteiger partial charge in [-0.05, 0) is 24.1 Å². The van der Waals surface area contributed by atoms with Crippen LogP contribution < -0.4 is 5.73 Å². The molecule has 0 bridgehead atoms. The highest BCUT2D eigenvalue weighted by Gasteiger charge is 2.00. The van der Waals surface area contributed by atoms with Gasteiger partial charge >= 0.3 is 0 Å². The average molecular weight is 256 g/mol. The van der Waals surface area contributed by atoms with Gasteiger partial charge in [0.1, 0.15) is 5.84 Å².